The quantitative estimate of drug-likeness (QED) is 0.570. The van der Waals surface area contributed by atoms with Crippen molar-refractivity contribution >= 4 is 11.6 Å². The molecule has 1 amide bonds. The zero-order chi connectivity index (χ0) is 20.8. The molecule has 0 aliphatic carbocycles. The second-order valence-electron chi connectivity index (χ2n) is 7.38. The molecule has 0 unspecified atom stereocenters. The lowest BCUT2D eigenvalue weighted by molar-refractivity contribution is 0.102. The van der Waals surface area contributed by atoms with Crippen molar-refractivity contribution in [3.8, 4) is 11.4 Å². The first kappa shape index (κ1) is 20.1. The van der Waals surface area contributed by atoms with Crippen molar-refractivity contribution in [1.82, 2.24) is 14.7 Å². The lowest BCUT2D eigenvalue weighted by Crippen LogP contribution is -2.21. The zero-order valence-corrected chi connectivity index (χ0v) is 16.8. The van der Waals surface area contributed by atoms with Crippen molar-refractivity contribution in [3.05, 3.63) is 72.3 Å². The molecular formula is C23H25FN4O2. The van der Waals surface area contributed by atoms with E-state index >= 15 is 0 Å². The monoisotopic (exact) mass is 408 g/mol. The molecule has 156 valence electrons. The molecule has 2 aromatic carbocycles. The number of benzene rings is 2. The van der Waals surface area contributed by atoms with Gasteiger partial charge in [-0.15, -0.1) is 0 Å². The summed E-state index contributed by atoms with van der Waals surface area (Å²) in [7, 11) is 0. The SMILES string of the molecule is O=C(Nc1ccc(F)cc1)c1cnn(-c2ccc(OCCCN3CCCC3)cc2)c1. The van der Waals surface area contributed by atoms with Crippen LogP contribution in [0.2, 0.25) is 0 Å². The molecule has 7 heteroatoms. The Balaban J connectivity index is 1.29. The number of hydrogen-bond acceptors (Lipinski definition) is 4. The molecule has 1 saturated heterocycles. The van der Waals surface area contributed by atoms with Crippen LogP contribution in [0.4, 0.5) is 10.1 Å². The van der Waals surface area contributed by atoms with Gasteiger partial charge in [-0.05, 0) is 80.9 Å². The summed E-state index contributed by atoms with van der Waals surface area (Å²) in [5, 5.41) is 6.99. The summed E-state index contributed by atoms with van der Waals surface area (Å²) in [6.07, 6.45) is 6.80. The van der Waals surface area contributed by atoms with Gasteiger partial charge in [0, 0.05) is 18.4 Å². The molecule has 1 fully saturated rings. The first-order chi connectivity index (χ1) is 14.7. The number of rotatable bonds is 8. The highest BCUT2D eigenvalue weighted by Gasteiger charge is 2.11. The Kier molecular flexibility index (Phi) is 6.39. The average Bonchev–Trinajstić information content (AvgIpc) is 3.46. The first-order valence-electron chi connectivity index (χ1n) is 10.2. The number of hydrogen-bond donors (Lipinski definition) is 1. The summed E-state index contributed by atoms with van der Waals surface area (Å²) < 4.78 is 20.4. The number of halogens is 1. The fraction of sp³-hybridized carbons (Fsp3) is 0.304. The Morgan fingerprint density at radius 1 is 1.07 bits per heavy atom. The maximum absolute atomic E-state index is 13.0. The Morgan fingerprint density at radius 3 is 2.53 bits per heavy atom. The molecule has 2 heterocycles. The van der Waals surface area contributed by atoms with E-state index in [1.165, 1.54) is 56.4 Å². The standard InChI is InChI=1S/C23H25FN4O2/c24-19-4-6-20(7-5-19)26-23(29)18-16-25-28(17-18)21-8-10-22(11-9-21)30-15-3-14-27-12-1-2-13-27/h4-11,16-17H,1-3,12-15H2,(H,26,29). The summed E-state index contributed by atoms with van der Waals surface area (Å²) in [5.41, 5.74) is 1.78. The second-order valence-corrected chi connectivity index (χ2v) is 7.38. The second kappa shape index (κ2) is 9.54. The van der Waals surface area contributed by atoms with Crippen molar-refractivity contribution < 1.29 is 13.9 Å². The van der Waals surface area contributed by atoms with Crippen LogP contribution in [-0.2, 0) is 0 Å². The van der Waals surface area contributed by atoms with Crippen LogP contribution in [0.3, 0.4) is 0 Å². The minimum atomic E-state index is -0.347. The van der Waals surface area contributed by atoms with Gasteiger partial charge in [0.15, 0.2) is 0 Å². The number of ether oxygens (including phenoxy) is 1. The van der Waals surface area contributed by atoms with Gasteiger partial charge in [0.1, 0.15) is 11.6 Å². The third-order valence-electron chi connectivity index (χ3n) is 5.13. The number of carbonyl (C=O) groups is 1. The summed E-state index contributed by atoms with van der Waals surface area (Å²) in [5.74, 6) is 0.173. The number of nitrogens with one attached hydrogen (secondary N) is 1. The highest BCUT2D eigenvalue weighted by atomic mass is 19.1. The van der Waals surface area contributed by atoms with Gasteiger partial charge in [0.05, 0.1) is 24.1 Å². The number of anilines is 1. The lowest BCUT2D eigenvalue weighted by atomic mass is 10.2. The van der Waals surface area contributed by atoms with Gasteiger partial charge < -0.3 is 15.0 Å². The smallest absolute Gasteiger partial charge is 0.258 e. The Bertz CT molecular complexity index is 964. The summed E-state index contributed by atoms with van der Waals surface area (Å²) >= 11 is 0. The third-order valence-corrected chi connectivity index (χ3v) is 5.13. The van der Waals surface area contributed by atoms with E-state index in [0.29, 0.717) is 17.9 Å². The number of carbonyl (C=O) groups excluding carboxylic acids is 1. The van der Waals surface area contributed by atoms with Gasteiger partial charge in [-0.25, -0.2) is 9.07 Å². The van der Waals surface area contributed by atoms with E-state index in [4.69, 9.17) is 4.74 Å². The van der Waals surface area contributed by atoms with E-state index in [1.54, 1.807) is 10.9 Å². The predicted octanol–water partition coefficient (Wildman–Crippen LogP) is 4.13. The van der Waals surface area contributed by atoms with Crippen molar-refractivity contribution in [2.45, 2.75) is 19.3 Å². The lowest BCUT2D eigenvalue weighted by Gasteiger charge is -2.14. The Labute approximate surface area is 175 Å². The number of likely N-dealkylation sites (tertiary alicyclic amines) is 1. The van der Waals surface area contributed by atoms with Crippen molar-refractivity contribution in [3.63, 3.8) is 0 Å². The van der Waals surface area contributed by atoms with Gasteiger partial charge in [0.2, 0.25) is 0 Å². The van der Waals surface area contributed by atoms with Crippen LogP contribution in [0.1, 0.15) is 29.6 Å². The first-order valence-corrected chi connectivity index (χ1v) is 10.2. The fourth-order valence-electron chi connectivity index (χ4n) is 3.50. The Hall–Kier alpha value is -3.19. The molecule has 1 N–H and O–H groups in total. The molecule has 0 spiro atoms. The molecule has 6 nitrogen and oxygen atoms in total. The molecule has 4 rings (SSSR count). The molecule has 0 radical (unpaired) electrons. The van der Waals surface area contributed by atoms with Gasteiger partial charge >= 0.3 is 0 Å². The molecule has 30 heavy (non-hydrogen) atoms. The number of nitrogens with zero attached hydrogens (tertiary/aromatic N) is 3. The fourth-order valence-corrected chi connectivity index (χ4v) is 3.50. The highest BCUT2D eigenvalue weighted by Crippen LogP contribution is 2.17. The minimum absolute atomic E-state index is 0.300. The van der Waals surface area contributed by atoms with Crippen LogP contribution >= 0.6 is 0 Å². The van der Waals surface area contributed by atoms with Crippen molar-refractivity contribution in [1.29, 1.82) is 0 Å². The Morgan fingerprint density at radius 2 is 1.80 bits per heavy atom. The van der Waals surface area contributed by atoms with Gasteiger partial charge in [-0.1, -0.05) is 0 Å². The predicted molar refractivity (Wildman–Crippen MR) is 114 cm³/mol. The summed E-state index contributed by atoms with van der Waals surface area (Å²) in [6, 6.07) is 13.3. The van der Waals surface area contributed by atoms with Crippen LogP contribution in [0.5, 0.6) is 5.75 Å². The van der Waals surface area contributed by atoms with E-state index < -0.39 is 0 Å². The maximum Gasteiger partial charge on any atom is 0.258 e. The summed E-state index contributed by atoms with van der Waals surface area (Å²) in [4.78, 5) is 14.8. The average molecular weight is 408 g/mol. The van der Waals surface area contributed by atoms with Crippen LogP contribution < -0.4 is 10.1 Å². The largest absolute Gasteiger partial charge is 0.494 e. The van der Waals surface area contributed by atoms with Gasteiger partial charge in [-0.3, -0.25) is 4.79 Å². The van der Waals surface area contributed by atoms with Crippen molar-refractivity contribution in [2.24, 2.45) is 0 Å². The summed E-state index contributed by atoms with van der Waals surface area (Å²) in [6.45, 7) is 4.21. The van der Waals surface area contributed by atoms with E-state index in [-0.39, 0.29) is 11.7 Å². The normalized spacial score (nSPS) is 14.0. The molecular weight excluding hydrogens is 383 g/mol. The van der Waals surface area contributed by atoms with Crippen LogP contribution in [0, 0.1) is 5.82 Å². The minimum Gasteiger partial charge on any atom is -0.494 e. The highest BCUT2D eigenvalue weighted by molar-refractivity contribution is 6.03. The number of aromatic nitrogens is 2. The number of amides is 1. The van der Waals surface area contributed by atoms with Crippen LogP contribution in [-0.4, -0.2) is 46.8 Å². The maximum atomic E-state index is 13.0. The molecule has 1 aliphatic rings. The van der Waals surface area contributed by atoms with Crippen molar-refractivity contribution in [2.75, 3.05) is 31.6 Å². The van der Waals surface area contributed by atoms with Crippen LogP contribution in [0.15, 0.2) is 60.9 Å². The zero-order valence-electron chi connectivity index (χ0n) is 16.8. The van der Waals surface area contributed by atoms with Gasteiger partial charge in [-0.2, -0.15) is 5.10 Å². The van der Waals surface area contributed by atoms with E-state index in [0.717, 1.165) is 24.4 Å². The van der Waals surface area contributed by atoms with Gasteiger partial charge in [0.25, 0.3) is 5.91 Å². The van der Waals surface area contributed by atoms with E-state index in [1.807, 2.05) is 24.3 Å². The third kappa shape index (κ3) is 5.24. The molecule has 0 saturated carbocycles. The topological polar surface area (TPSA) is 59.4 Å². The molecule has 0 atom stereocenters. The van der Waals surface area contributed by atoms with E-state index in [2.05, 4.69) is 15.3 Å². The molecule has 1 aromatic heterocycles. The molecule has 1 aliphatic heterocycles. The molecule has 0 bridgehead atoms. The molecule has 3 aromatic rings. The van der Waals surface area contributed by atoms with Crippen LogP contribution in [0.25, 0.3) is 5.69 Å². The van der Waals surface area contributed by atoms with E-state index in [9.17, 15) is 9.18 Å².